The molecule has 3 aliphatic rings. The Labute approximate surface area is 213 Å². The highest BCUT2D eigenvalue weighted by Crippen LogP contribution is 2.38. The third kappa shape index (κ3) is 4.15. The number of benzene rings is 2. The quantitative estimate of drug-likeness (QED) is 0.611. The Hall–Kier alpha value is -3.34. The van der Waals surface area contributed by atoms with Crippen molar-refractivity contribution in [3.05, 3.63) is 59.2 Å². The van der Waals surface area contributed by atoms with Crippen LogP contribution in [0.1, 0.15) is 30.5 Å². The molecule has 0 aliphatic carbocycles. The normalized spacial score (nSPS) is 22.4. The van der Waals surface area contributed by atoms with Gasteiger partial charge in [-0.25, -0.2) is 4.98 Å². The van der Waals surface area contributed by atoms with Crippen LogP contribution in [0, 0.1) is 11.3 Å². The Morgan fingerprint density at radius 2 is 1.64 bits per heavy atom. The van der Waals surface area contributed by atoms with Gasteiger partial charge in [-0.2, -0.15) is 5.26 Å². The van der Waals surface area contributed by atoms with Gasteiger partial charge in [0.1, 0.15) is 17.7 Å². The summed E-state index contributed by atoms with van der Waals surface area (Å²) in [5, 5.41) is 16.4. The van der Waals surface area contributed by atoms with Crippen molar-refractivity contribution >= 4 is 28.1 Å². The Balaban J connectivity index is 1.47. The number of piperazine rings is 1. The van der Waals surface area contributed by atoms with E-state index < -0.39 is 0 Å². The molecule has 2 unspecified atom stereocenters. The van der Waals surface area contributed by atoms with E-state index in [1.807, 2.05) is 0 Å². The summed E-state index contributed by atoms with van der Waals surface area (Å²) < 4.78 is 6.01. The summed E-state index contributed by atoms with van der Waals surface area (Å²) in [5.74, 6) is 1.90. The lowest BCUT2D eigenvalue weighted by atomic mass is 9.94. The highest BCUT2D eigenvalue weighted by molar-refractivity contribution is 5.94. The van der Waals surface area contributed by atoms with Crippen molar-refractivity contribution in [3.8, 4) is 6.07 Å². The summed E-state index contributed by atoms with van der Waals surface area (Å²) in [6.45, 7) is 11.1. The molecule has 7 heteroatoms. The monoisotopic (exact) mass is 482 g/mol. The molecule has 36 heavy (non-hydrogen) atoms. The Bertz CT molecular complexity index is 1300. The average molecular weight is 483 g/mol. The lowest BCUT2D eigenvalue weighted by Crippen LogP contribution is -2.47. The van der Waals surface area contributed by atoms with Crippen molar-refractivity contribution in [1.82, 2.24) is 10.3 Å². The average Bonchev–Trinajstić information content (AvgIpc) is 2.91. The van der Waals surface area contributed by atoms with Gasteiger partial charge in [0.25, 0.3) is 0 Å². The van der Waals surface area contributed by atoms with Crippen LogP contribution in [0.4, 0.5) is 17.3 Å². The Morgan fingerprint density at radius 3 is 2.42 bits per heavy atom. The number of anilines is 3. The van der Waals surface area contributed by atoms with Gasteiger partial charge in [-0.3, -0.25) is 0 Å². The van der Waals surface area contributed by atoms with E-state index in [9.17, 15) is 5.26 Å². The van der Waals surface area contributed by atoms with Crippen LogP contribution in [0.5, 0.6) is 0 Å². The summed E-state index contributed by atoms with van der Waals surface area (Å²) in [5.41, 5.74) is 4.36. The molecule has 2 fully saturated rings. The molecule has 0 saturated carbocycles. The third-order valence-corrected chi connectivity index (χ3v) is 7.71. The van der Waals surface area contributed by atoms with Gasteiger partial charge in [-0.05, 0) is 37.3 Å². The van der Waals surface area contributed by atoms with Crippen LogP contribution in [0.2, 0.25) is 0 Å². The summed E-state index contributed by atoms with van der Waals surface area (Å²) in [6.07, 6.45) is 1.09. The van der Waals surface area contributed by atoms with Gasteiger partial charge in [-0.1, -0.05) is 36.4 Å². The first kappa shape index (κ1) is 23.1. The van der Waals surface area contributed by atoms with Crippen LogP contribution >= 0.6 is 0 Å². The maximum Gasteiger partial charge on any atom is 0.149 e. The fourth-order valence-corrected chi connectivity index (χ4v) is 6.12. The van der Waals surface area contributed by atoms with Crippen molar-refractivity contribution in [3.63, 3.8) is 0 Å². The van der Waals surface area contributed by atoms with Gasteiger partial charge in [0.05, 0.1) is 17.8 Å². The van der Waals surface area contributed by atoms with Crippen LogP contribution in [-0.2, 0) is 17.7 Å². The Morgan fingerprint density at radius 1 is 0.889 bits per heavy atom. The smallest absolute Gasteiger partial charge is 0.149 e. The molecule has 0 amide bonds. The molecular weight excluding hydrogens is 448 g/mol. The van der Waals surface area contributed by atoms with Crippen molar-refractivity contribution < 1.29 is 4.74 Å². The molecule has 2 aromatic carbocycles. The summed E-state index contributed by atoms with van der Waals surface area (Å²) >= 11 is 0. The number of aromatic nitrogens is 1. The minimum atomic E-state index is 0.105. The number of nitriles is 1. The molecule has 3 aliphatic heterocycles. The fraction of sp³-hybridized carbons (Fsp3) is 0.448. The topological polar surface area (TPSA) is 67.7 Å². The molecule has 6 rings (SSSR count). The Kier molecular flexibility index (Phi) is 6.16. The largest absolute Gasteiger partial charge is 0.372 e. The molecule has 0 spiro atoms. The van der Waals surface area contributed by atoms with E-state index in [-0.39, 0.29) is 12.2 Å². The first-order chi connectivity index (χ1) is 17.6. The van der Waals surface area contributed by atoms with E-state index in [1.54, 1.807) is 0 Å². The molecule has 2 atom stereocenters. The van der Waals surface area contributed by atoms with Crippen molar-refractivity contribution in [2.45, 2.75) is 39.0 Å². The van der Waals surface area contributed by atoms with E-state index in [1.165, 1.54) is 22.0 Å². The SMILES string of the molecule is CC1CN(c2nc(N3CCNCC3)c3c(c2C#N)CN(c2cccc4ccccc24)CC3)CC(C)O1. The fourth-order valence-electron chi connectivity index (χ4n) is 6.12. The molecular formula is C29H34N6O. The predicted molar refractivity (Wildman–Crippen MR) is 145 cm³/mol. The number of hydrogen-bond donors (Lipinski definition) is 1. The third-order valence-electron chi connectivity index (χ3n) is 7.71. The van der Waals surface area contributed by atoms with Gasteiger partial charge >= 0.3 is 0 Å². The molecule has 3 aromatic rings. The van der Waals surface area contributed by atoms with E-state index in [0.717, 1.165) is 81.5 Å². The van der Waals surface area contributed by atoms with Crippen LogP contribution in [0.25, 0.3) is 10.8 Å². The second-order valence-corrected chi connectivity index (χ2v) is 10.3. The van der Waals surface area contributed by atoms with E-state index in [4.69, 9.17) is 9.72 Å². The highest BCUT2D eigenvalue weighted by atomic mass is 16.5. The zero-order chi connectivity index (χ0) is 24.6. The van der Waals surface area contributed by atoms with Gasteiger partial charge in [0.15, 0.2) is 0 Å². The lowest BCUT2D eigenvalue weighted by Gasteiger charge is -2.40. The molecule has 1 N–H and O–H groups in total. The van der Waals surface area contributed by atoms with Crippen LogP contribution in [-0.4, -0.2) is 63.0 Å². The van der Waals surface area contributed by atoms with Gasteiger partial charge in [0.2, 0.25) is 0 Å². The van der Waals surface area contributed by atoms with E-state index in [0.29, 0.717) is 0 Å². The maximum absolute atomic E-state index is 10.5. The minimum absolute atomic E-state index is 0.105. The first-order valence-corrected chi connectivity index (χ1v) is 13.2. The first-order valence-electron chi connectivity index (χ1n) is 13.2. The number of fused-ring (bicyclic) bond motifs is 2. The molecule has 186 valence electrons. The van der Waals surface area contributed by atoms with Crippen LogP contribution in [0.3, 0.4) is 0 Å². The van der Waals surface area contributed by atoms with Gasteiger partial charge in [-0.15, -0.1) is 0 Å². The van der Waals surface area contributed by atoms with Crippen molar-refractivity contribution in [1.29, 1.82) is 5.26 Å². The minimum Gasteiger partial charge on any atom is -0.372 e. The summed E-state index contributed by atoms with van der Waals surface area (Å²) in [4.78, 5) is 12.4. The molecule has 4 heterocycles. The summed E-state index contributed by atoms with van der Waals surface area (Å²) in [7, 11) is 0. The van der Waals surface area contributed by atoms with E-state index in [2.05, 4.69) is 82.4 Å². The zero-order valence-electron chi connectivity index (χ0n) is 21.2. The molecule has 0 radical (unpaired) electrons. The van der Waals surface area contributed by atoms with Crippen LogP contribution in [0.15, 0.2) is 42.5 Å². The maximum atomic E-state index is 10.5. The van der Waals surface area contributed by atoms with Crippen molar-refractivity contribution in [2.24, 2.45) is 0 Å². The lowest BCUT2D eigenvalue weighted by molar-refractivity contribution is -0.00547. The standard InChI is InChI=1S/C29H34N6O/c1-20-17-35(18-21(2)36-20)29-25(16-30)26-19-34(27-9-5-7-22-6-3-4-8-23(22)27)13-10-24(26)28(32-29)33-14-11-31-12-15-33/h3-9,20-21,31H,10-15,17-19H2,1-2H3. The van der Waals surface area contributed by atoms with E-state index >= 15 is 0 Å². The van der Waals surface area contributed by atoms with Crippen LogP contribution < -0.4 is 20.0 Å². The van der Waals surface area contributed by atoms with Gasteiger partial charge < -0.3 is 24.8 Å². The highest BCUT2D eigenvalue weighted by Gasteiger charge is 2.32. The number of morpholine rings is 1. The molecule has 2 saturated heterocycles. The second kappa shape index (κ2) is 9.61. The molecule has 7 nitrogen and oxygen atoms in total. The number of nitrogens with one attached hydrogen (secondary N) is 1. The number of nitrogens with zero attached hydrogens (tertiary/aromatic N) is 5. The number of hydrogen-bond acceptors (Lipinski definition) is 7. The zero-order valence-corrected chi connectivity index (χ0v) is 21.2. The predicted octanol–water partition coefficient (Wildman–Crippen LogP) is 3.69. The van der Waals surface area contributed by atoms with Gasteiger partial charge in [0, 0.05) is 69.0 Å². The number of pyridine rings is 1. The van der Waals surface area contributed by atoms with Crippen molar-refractivity contribution in [2.75, 3.05) is 60.5 Å². The second-order valence-electron chi connectivity index (χ2n) is 10.3. The number of ether oxygens (including phenoxy) is 1. The molecule has 1 aromatic heterocycles. The number of rotatable bonds is 3. The summed E-state index contributed by atoms with van der Waals surface area (Å²) in [6, 6.07) is 17.7. The molecule has 0 bridgehead atoms.